The van der Waals surface area contributed by atoms with Crippen LogP contribution < -0.4 is 5.69 Å². The highest BCUT2D eigenvalue weighted by molar-refractivity contribution is 7.90. The molecule has 0 aliphatic carbocycles. The molecule has 1 heterocycles. The molecule has 112 valence electrons. The number of methoxy groups -OCH3 is 1. The Morgan fingerprint density at radius 3 is 2.38 bits per heavy atom. The summed E-state index contributed by atoms with van der Waals surface area (Å²) in [7, 11) is -2.72. The summed E-state index contributed by atoms with van der Waals surface area (Å²) in [6.45, 7) is 1.51. The largest absolute Gasteiger partial charge is 0.375 e. The van der Waals surface area contributed by atoms with Crippen LogP contribution in [-0.2, 0) is 14.8 Å². The Kier molecular flexibility index (Phi) is 4.10. The van der Waals surface area contributed by atoms with Crippen molar-refractivity contribution < 1.29 is 17.9 Å². The molecule has 0 radical (unpaired) electrons. The second-order valence-corrected chi connectivity index (χ2v) is 6.21. The van der Waals surface area contributed by atoms with E-state index in [1.807, 2.05) is 6.92 Å². The van der Waals surface area contributed by atoms with Crippen molar-refractivity contribution in [3.63, 3.8) is 0 Å². The monoisotopic (exact) mass is 310 g/mol. The van der Waals surface area contributed by atoms with Gasteiger partial charge >= 0.3 is 5.69 Å². The normalized spacial score (nSPS) is 11.5. The number of nitrogens with zero attached hydrogens (tertiary/aromatic N) is 2. The van der Waals surface area contributed by atoms with Gasteiger partial charge in [-0.15, -0.1) is 0 Å². The summed E-state index contributed by atoms with van der Waals surface area (Å²) in [6.07, 6.45) is 2.15. The minimum absolute atomic E-state index is 0.0212. The number of rotatable bonds is 4. The quantitative estimate of drug-likeness (QED) is 0.820. The fraction of sp³-hybridized carbons (Fsp3) is 0.231. The Balaban J connectivity index is 2.49. The smallest absolute Gasteiger partial charge is 0.349 e. The zero-order valence-electron chi connectivity index (χ0n) is 11.5. The maximum absolute atomic E-state index is 12.4. The Bertz CT molecular complexity index is 815. The lowest BCUT2D eigenvalue weighted by Crippen LogP contribution is -2.33. The molecule has 21 heavy (non-hydrogen) atoms. The van der Waals surface area contributed by atoms with Crippen LogP contribution in [0.4, 0.5) is 0 Å². The van der Waals surface area contributed by atoms with Gasteiger partial charge in [0, 0.05) is 19.5 Å². The summed E-state index contributed by atoms with van der Waals surface area (Å²) < 4.78 is 30.6. The van der Waals surface area contributed by atoms with Gasteiger partial charge < -0.3 is 4.74 Å². The van der Waals surface area contributed by atoms with Crippen LogP contribution in [-0.4, -0.2) is 36.6 Å². The lowest BCUT2D eigenvalue weighted by Gasteiger charge is -2.04. The molecule has 8 heteroatoms. The molecule has 1 aromatic heterocycles. The summed E-state index contributed by atoms with van der Waals surface area (Å²) in [5.74, 6) is -0.639. The zero-order valence-corrected chi connectivity index (χ0v) is 12.3. The van der Waals surface area contributed by atoms with Crippen molar-refractivity contribution in [2.75, 3.05) is 13.7 Å². The third kappa shape index (κ3) is 2.81. The molecule has 0 unspecified atom stereocenters. The van der Waals surface area contributed by atoms with Gasteiger partial charge in [-0.1, -0.05) is 17.7 Å². The Morgan fingerprint density at radius 2 is 1.81 bits per heavy atom. The van der Waals surface area contributed by atoms with Crippen LogP contribution >= 0.6 is 0 Å². The molecule has 0 amide bonds. The van der Waals surface area contributed by atoms with Crippen molar-refractivity contribution in [2.45, 2.75) is 11.8 Å². The van der Waals surface area contributed by atoms with Gasteiger partial charge in [0.25, 0.3) is 15.9 Å². The van der Waals surface area contributed by atoms with E-state index in [-0.39, 0.29) is 11.5 Å². The molecule has 0 bridgehead atoms. The SMILES string of the molecule is COCC(=O)n1ccn(S(=O)(=O)c2ccc(C)cc2)c1=O. The van der Waals surface area contributed by atoms with E-state index in [1.54, 1.807) is 12.1 Å². The number of ether oxygens (including phenoxy) is 1. The first-order chi connectivity index (χ1) is 9.87. The molecule has 1 aromatic carbocycles. The average Bonchev–Trinajstić information content (AvgIpc) is 2.82. The first-order valence-corrected chi connectivity index (χ1v) is 7.46. The number of aryl methyl sites for hydroxylation is 1. The highest BCUT2D eigenvalue weighted by atomic mass is 32.2. The molecule has 0 atom stereocenters. The molecule has 2 aromatic rings. The van der Waals surface area contributed by atoms with Gasteiger partial charge in [-0.3, -0.25) is 4.79 Å². The predicted octanol–water partition coefficient (Wildman–Crippen LogP) is 0.482. The lowest BCUT2D eigenvalue weighted by molar-refractivity contribution is 0.0757. The molecule has 7 nitrogen and oxygen atoms in total. The minimum atomic E-state index is -4.02. The minimum Gasteiger partial charge on any atom is -0.375 e. The molecular formula is C13H14N2O5S. The summed E-state index contributed by atoms with van der Waals surface area (Å²) >= 11 is 0. The molecule has 0 aliphatic heterocycles. The highest BCUT2D eigenvalue weighted by Gasteiger charge is 2.22. The summed E-state index contributed by atoms with van der Waals surface area (Å²) in [4.78, 5) is 23.6. The first kappa shape index (κ1) is 15.2. The Morgan fingerprint density at radius 1 is 1.19 bits per heavy atom. The summed E-state index contributed by atoms with van der Waals surface area (Å²) in [5.41, 5.74) is -0.0493. The van der Waals surface area contributed by atoms with Crippen molar-refractivity contribution in [1.29, 1.82) is 0 Å². The summed E-state index contributed by atoms with van der Waals surface area (Å²) in [6, 6.07) is 6.08. The number of carbonyl (C=O) groups is 1. The van der Waals surface area contributed by atoms with Crippen LogP contribution in [0.2, 0.25) is 0 Å². The van der Waals surface area contributed by atoms with Gasteiger partial charge in [-0.2, -0.15) is 3.97 Å². The van der Waals surface area contributed by atoms with Gasteiger partial charge in [0.15, 0.2) is 0 Å². The zero-order chi connectivity index (χ0) is 15.6. The van der Waals surface area contributed by atoms with Gasteiger partial charge in [-0.25, -0.2) is 17.8 Å². The number of carbonyl (C=O) groups excluding carboxylic acids is 1. The number of hydrogen-bond donors (Lipinski definition) is 0. The van der Waals surface area contributed by atoms with Crippen LogP contribution in [0.5, 0.6) is 0 Å². The number of hydrogen-bond acceptors (Lipinski definition) is 5. The van der Waals surface area contributed by atoms with Crippen LogP contribution in [0.15, 0.2) is 46.3 Å². The Hall–Kier alpha value is -2.19. The summed E-state index contributed by atoms with van der Waals surface area (Å²) in [5, 5.41) is 0. The second kappa shape index (κ2) is 5.66. The molecule has 0 spiro atoms. The lowest BCUT2D eigenvalue weighted by atomic mass is 10.2. The molecule has 0 fully saturated rings. The standard InChI is InChI=1S/C13H14N2O5S/c1-10-3-5-11(6-4-10)21(18,19)15-8-7-14(13(15)17)12(16)9-20-2/h3-8H,9H2,1-2H3. The highest BCUT2D eigenvalue weighted by Crippen LogP contribution is 2.12. The third-order valence-electron chi connectivity index (χ3n) is 2.86. The van der Waals surface area contributed by atoms with Crippen molar-refractivity contribution in [3.8, 4) is 0 Å². The second-order valence-electron chi connectivity index (χ2n) is 4.39. The molecular weight excluding hydrogens is 296 g/mol. The van der Waals surface area contributed by atoms with Crippen LogP contribution in [0.25, 0.3) is 0 Å². The fourth-order valence-corrected chi connectivity index (χ4v) is 2.97. The predicted molar refractivity (Wildman–Crippen MR) is 75.0 cm³/mol. The molecule has 0 saturated carbocycles. The van der Waals surface area contributed by atoms with Gasteiger partial charge in [0.05, 0.1) is 4.90 Å². The van der Waals surface area contributed by atoms with Crippen LogP contribution in [0.1, 0.15) is 10.4 Å². The van der Waals surface area contributed by atoms with Crippen LogP contribution in [0.3, 0.4) is 0 Å². The first-order valence-electron chi connectivity index (χ1n) is 6.02. The van der Waals surface area contributed by atoms with Crippen LogP contribution in [0, 0.1) is 6.92 Å². The van der Waals surface area contributed by atoms with E-state index in [0.29, 0.717) is 8.54 Å². The fourth-order valence-electron chi connectivity index (χ4n) is 1.75. The van der Waals surface area contributed by atoms with E-state index in [4.69, 9.17) is 0 Å². The number of aromatic nitrogens is 2. The van der Waals surface area contributed by atoms with E-state index in [1.165, 1.54) is 19.2 Å². The van der Waals surface area contributed by atoms with Gasteiger partial charge in [-0.05, 0) is 19.1 Å². The van der Waals surface area contributed by atoms with E-state index < -0.39 is 21.6 Å². The number of benzene rings is 1. The average molecular weight is 310 g/mol. The van der Waals surface area contributed by atoms with Gasteiger partial charge in [0.2, 0.25) is 0 Å². The molecule has 2 rings (SSSR count). The van der Waals surface area contributed by atoms with Crippen molar-refractivity contribution in [1.82, 2.24) is 8.54 Å². The van der Waals surface area contributed by atoms with E-state index in [0.717, 1.165) is 18.0 Å². The van der Waals surface area contributed by atoms with Gasteiger partial charge in [0.1, 0.15) is 6.61 Å². The Labute approximate surface area is 121 Å². The van der Waals surface area contributed by atoms with E-state index in [9.17, 15) is 18.0 Å². The molecule has 0 aliphatic rings. The van der Waals surface area contributed by atoms with Crippen molar-refractivity contribution in [2.24, 2.45) is 0 Å². The molecule has 0 N–H and O–H groups in total. The third-order valence-corrected chi connectivity index (χ3v) is 4.52. The number of imidazole rings is 1. The molecule has 0 saturated heterocycles. The topological polar surface area (TPSA) is 87.4 Å². The van der Waals surface area contributed by atoms with Crippen molar-refractivity contribution in [3.05, 3.63) is 52.7 Å². The van der Waals surface area contributed by atoms with E-state index >= 15 is 0 Å². The maximum atomic E-state index is 12.4. The van der Waals surface area contributed by atoms with E-state index in [2.05, 4.69) is 4.74 Å². The van der Waals surface area contributed by atoms with Crippen molar-refractivity contribution >= 4 is 15.9 Å². The maximum Gasteiger partial charge on any atom is 0.349 e.